The van der Waals surface area contributed by atoms with Crippen LogP contribution in [0.3, 0.4) is 0 Å². The van der Waals surface area contributed by atoms with Gasteiger partial charge in [0, 0.05) is 5.02 Å². The Hall–Kier alpha value is -2.90. The van der Waals surface area contributed by atoms with Crippen LogP contribution in [0.5, 0.6) is 0 Å². The van der Waals surface area contributed by atoms with Crippen LogP contribution in [-0.2, 0) is 9.53 Å². The molecule has 0 saturated heterocycles. The van der Waals surface area contributed by atoms with Crippen LogP contribution in [0.25, 0.3) is 5.69 Å². The normalized spacial score (nSPS) is 11.7. The number of hydrogen-bond acceptors (Lipinski definition) is 5. The van der Waals surface area contributed by atoms with Crippen molar-refractivity contribution in [3.63, 3.8) is 0 Å². The molecule has 0 fully saturated rings. The van der Waals surface area contributed by atoms with E-state index in [9.17, 15) is 9.59 Å². The number of ether oxygens (including phenoxy) is 1. The Kier molecular flexibility index (Phi) is 5.73. The van der Waals surface area contributed by atoms with Crippen molar-refractivity contribution in [2.45, 2.75) is 13.0 Å². The van der Waals surface area contributed by atoms with Gasteiger partial charge in [-0.05, 0) is 49.4 Å². The number of amides is 1. The van der Waals surface area contributed by atoms with Gasteiger partial charge in [-0.15, -0.1) is 0 Å². The Morgan fingerprint density at radius 3 is 2.52 bits per heavy atom. The van der Waals surface area contributed by atoms with E-state index in [1.165, 1.54) is 19.3 Å². The Morgan fingerprint density at radius 1 is 1.15 bits per heavy atom. The zero-order valence-electron chi connectivity index (χ0n) is 14.1. The molecular weight excluding hydrogens is 391 g/mol. The lowest BCUT2D eigenvalue weighted by molar-refractivity contribution is -0.123. The van der Waals surface area contributed by atoms with Crippen LogP contribution in [0.4, 0.5) is 5.69 Å². The zero-order valence-corrected chi connectivity index (χ0v) is 15.6. The van der Waals surface area contributed by atoms with Gasteiger partial charge in [-0.3, -0.25) is 4.79 Å². The average molecular weight is 405 g/mol. The first kappa shape index (κ1) is 18.9. The van der Waals surface area contributed by atoms with E-state index >= 15 is 0 Å². The second-order valence-electron chi connectivity index (χ2n) is 5.55. The van der Waals surface area contributed by atoms with E-state index in [2.05, 4.69) is 15.4 Å². The third-order valence-corrected chi connectivity index (χ3v) is 4.18. The molecule has 0 bridgehead atoms. The summed E-state index contributed by atoms with van der Waals surface area (Å²) in [6.07, 6.45) is 1.94. The molecule has 27 heavy (non-hydrogen) atoms. The fourth-order valence-corrected chi connectivity index (χ4v) is 2.65. The van der Waals surface area contributed by atoms with Crippen LogP contribution < -0.4 is 5.32 Å². The monoisotopic (exact) mass is 404 g/mol. The lowest BCUT2D eigenvalue weighted by atomic mass is 10.2. The SMILES string of the molecule is C[C@@H](OC(=O)c1ccc(-n2cncn2)cc1)C(=O)Nc1ccc(Cl)cc1Cl. The van der Waals surface area contributed by atoms with E-state index in [1.54, 1.807) is 47.4 Å². The van der Waals surface area contributed by atoms with Crippen molar-refractivity contribution >= 4 is 40.8 Å². The smallest absolute Gasteiger partial charge is 0.338 e. The molecule has 0 aliphatic heterocycles. The third-order valence-electron chi connectivity index (χ3n) is 3.63. The highest BCUT2D eigenvalue weighted by Gasteiger charge is 2.20. The van der Waals surface area contributed by atoms with Gasteiger partial charge in [0.1, 0.15) is 12.7 Å². The number of halogens is 2. The fraction of sp³-hybridized carbons (Fsp3) is 0.111. The number of hydrogen-bond donors (Lipinski definition) is 1. The molecule has 7 nitrogen and oxygen atoms in total. The van der Waals surface area contributed by atoms with Crippen LogP contribution in [0.2, 0.25) is 10.0 Å². The fourth-order valence-electron chi connectivity index (χ4n) is 2.20. The summed E-state index contributed by atoms with van der Waals surface area (Å²) in [5.74, 6) is -1.13. The maximum atomic E-state index is 12.2. The third kappa shape index (κ3) is 4.64. The van der Waals surface area contributed by atoms with E-state index in [-0.39, 0.29) is 5.02 Å². The number of rotatable bonds is 5. The summed E-state index contributed by atoms with van der Waals surface area (Å²) in [4.78, 5) is 28.3. The summed E-state index contributed by atoms with van der Waals surface area (Å²) < 4.78 is 6.77. The Labute approximate surface area is 164 Å². The number of nitrogens with zero attached hydrogens (tertiary/aromatic N) is 3. The number of esters is 1. The summed E-state index contributed by atoms with van der Waals surface area (Å²) in [5.41, 5.74) is 1.43. The molecular formula is C18H14Cl2N4O3. The number of benzene rings is 2. The molecule has 9 heteroatoms. The molecule has 1 N–H and O–H groups in total. The van der Waals surface area contributed by atoms with Crippen molar-refractivity contribution in [1.82, 2.24) is 14.8 Å². The molecule has 0 radical (unpaired) electrons. The molecule has 3 rings (SSSR count). The second kappa shape index (κ2) is 8.20. The van der Waals surface area contributed by atoms with E-state index in [1.807, 2.05) is 0 Å². The minimum Gasteiger partial charge on any atom is -0.449 e. The van der Waals surface area contributed by atoms with Gasteiger partial charge in [0.2, 0.25) is 0 Å². The molecule has 0 saturated carbocycles. The van der Waals surface area contributed by atoms with Gasteiger partial charge in [0.05, 0.1) is 22.0 Å². The number of nitrogens with one attached hydrogen (secondary N) is 1. The Balaban J connectivity index is 1.62. The van der Waals surface area contributed by atoms with Crippen LogP contribution >= 0.6 is 23.2 Å². The molecule has 0 aliphatic carbocycles. The minimum absolute atomic E-state index is 0.290. The topological polar surface area (TPSA) is 86.1 Å². The van der Waals surface area contributed by atoms with Gasteiger partial charge in [-0.2, -0.15) is 5.10 Å². The summed E-state index contributed by atoms with van der Waals surface area (Å²) in [6, 6.07) is 11.2. The first-order valence-electron chi connectivity index (χ1n) is 7.86. The van der Waals surface area contributed by atoms with Crippen LogP contribution in [0, 0.1) is 0 Å². The summed E-state index contributed by atoms with van der Waals surface area (Å²) >= 11 is 11.8. The molecule has 1 aromatic heterocycles. The lowest BCUT2D eigenvalue weighted by Crippen LogP contribution is -2.30. The highest BCUT2D eigenvalue weighted by atomic mass is 35.5. The van der Waals surface area contributed by atoms with Crippen molar-refractivity contribution in [3.8, 4) is 5.69 Å². The van der Waals surface area contributed by atoms with Gasteiger partial charge < -0.3 is 10.1 Å². The standard InChI is InChI=1S/C18H14Cl2N4O3/c1-11(17(25)23-16-7-4-13(19)8-15(16)20)27-18(26)12-2-5-14(6-3-12)24-10-21-9-22-24/h2-11H,1H3,(H,23,25)/t11-/m1/s1. The average Bonchev–Trinajstić information content (AvgIpc) is 3.18. The van der Waals surface area contributed by atoms with Crippen molar-refractivity contribution in [2.24, 2.45) is 0 Å². The number of carbonyl (C=O) groups excluding carboxylic acids is 2. The molecule has 1 amide bonds. The lowest BCUT2D eigenvalue weighted by Gasteiger charge is -2.14. The van der Waals surface area contributed by atoms with Gasteiger partial charge in [0.15, 0.2) is 6.10 Å². The maximum Gasteiger partial charge on any atom is 0.338 e. The molecule has 1 atom stereocenters. The predicted octanol–water partition coefficient (Wildman–Crippen LogP) is 3.76. The largest absolute Gasteiger partial charge is 0.449 e. The van der Waals surface area contributed by atoms with Gasteiger partial charge in [-0.25, -0.2) is 14.5 Å². The van der Waals surface area contributed by atoms with Crippen molar-refractivity contribution < 1.29 is 14.3 Å². The number of carbonyl (C=O) groups is 2. The Bertz CT molecular complexity index is 959. The molecule has 3 aromatic rings. The minimum atomic E-state index is -1.01. The Morgan fingerprint density at radius 2 is 1.89 bits per heavy atom. The van der Waals surface area contributed by atoms with Crippen LogP contribution in [0.1, 0.15) is 17.3 Å². The quantitative estimate of drug-likeness (QED) is 0.654. The number of anilines is 1. The van der Waals surface area contributed by atoms with Gasteiger partial charge in [-0.1, -0.05) is 23.2 Å². The first-order valence-corrected chi connectivity index (χ1v) is 8.61. The highest BCUT2D eigenvalue weighted by Crippen LogP contribution is 2.25. The predicted molar refractivity (Wildman–Crippen MR) is 101 cm³/mol. The first-order chi connectivity index (χ1) is 12.9. The molecule has 0 spiro atoms. The van der Waals surface area contributed by atoms with Crippen molar-refractivity contribution in [3.05, 3.63) is 70.7 Å². The molecule has 1 heterocycles. The van der Waals surface area contributed by atoms with Gasteiger partial charge in [0.25, 0.3) is 5.91 Å². The van der Waals surface area contributed by atoms with E-state index in [0.717, 1.165) is 5.69 Å². The second-order valence-corrected chi connectivity index (χ2v) is 6.39. The summed E-state index contributed by atoms with van der Waals surface area (Å²) in [5, 5.41) is 7.34. The van der Waals surface area contributed by atoms with E-state index in [0.29, 0.717) is 16.3 Å². The van der Waals surface area contributed by atoms with Gasteiger partial charge >= 0.3 is 5.97 Å². The number of aromatic nitrogens is 3. The van der Waals surface area contributed by atoms with Crippen molar-refractivity contribution in [1.29, 1.82) is 0 Å². The van der Waals surface area contributed by atoms with E-state index in [4.69, 9.17) is 27.9 Å². The summed E-state index contributed by atoms with van der Waals surface area (Å²) in [7, 11) is 0. The highest BCUT2D eigenvalue weighted by molar-refractivity contribution is 6.36. The zero-order chi connectivity index (χ0) is 19.4. The summed E-state index contributed by atoms with van der Waals surface area (Å²) in [6.45, 7) is 1.47. The maximum absolute atomic E-state index is 12.2. The van der Waals surface area contributed by atoms with Crippen LogP contribution in [0.15, 0.2) is 55.1 Å². The van der Waals surface area contributed by atoms with E-state index < -0.39 is 18.0 Å². The molecule has 138 valence electrons. The van der Waals surface area contributed by atoms with Crippen LogP contribution in [-0.4, -0.2) is 32.7 Å². The molecule has 0 aliphatic rings. The molecule has 0 unspecified atom stereocenters. The molecule has 2 aromatic carbocycles. The van der Waals surface area contributed by atoms with Crippen molar-refractivity contribution in [2.75, 3.05) is 5.32 Å².